The first-order valence-electron chi connectivity index (χ1n) is 12.9. The number of ether oxygens (including phenoxy) is 2. The summed E-state index contributed by atoms with van der Waals surface area (Å²) in [5.41, 5.74) is 1.50. The summed E-state index contributed by atoms with van der Waals surface area (Å²) in [6, 6.07) is 20.1. The average molecular weight is 535 g/mol. The summed E-state index contributed by atoms with van der Waals surface area (Å²) in [5.74, 6) is -1.76. The number of nitrogens with one attached hydrogen (secondary N) is 2. The van der Waals surface area contributed by atoms with E-state index in [2.05, 4.69) is 10.6 Å². The predicted octanol–water partition coefficient (Wildman–Crippen LogP) is 4.59. The molecule has 0 heterocycles. The number of rotatable bonds is 11. The van der Waals surface area contributed by atoms with Gasteiger partial charge in [0.1, 0.15) is 12.4 Å². The van der Waals surface area contributed by atoms with Crippen molar-refractivity contribution in [2.45, 2.75) is 38.4 Å². The minimum Gasteiger partial charge on any atom is -0.490 e. The molecule has 0 saturated heterocycles. The van der Waals surface area contributed by atoms with Crippen molar-refractivity contribution in [1.82, 2.24) is 10.6 Å². The van der Waals surface area contributed by atoms with Crippen LogP contribution in [-0.4, -0.2) is 42.1 Å². The Morgan fingerprint density at radius 2 is 1.44 bits per heavy atom. The maximum Gasteiger partial charge on any atom is 0.306 e. The van der Waals surface area contributed by atoms with E-state index in [0.717, 1.165) is 11.6 Å². The Kier molecular flexibility index (Phi) is 9.50. The van der Waals surface area contributed by atoms with E-state index in [4.69, 9.17) is 14.6 Å². The maximum atomic E-state index is 14.4. The van der Waals surface area contributed by atoms with Gasteiger partial charge in [-0.25, -0.2) is 4.39 Å². The molecule has 2 amide bonds. The Morgan fingerprint density at radius 1 is 0.821 bits per heavy atom. The summed E-state index contributed by atoms with van der Waals surface area (Å²) in [4.78, 5) is 35.9. The first-order chi connectivity index (χ1) is 18.9. The van der Waals surface area contributed by atoms with E-state index in [0.29, 0.717) is 37.0 Å². The second-order valence-electron chi connectivity index (χ2n) is 9.39. The van der Waals surface area contributed by atoms with Gasteiger partial charge in [-0.1, -0.05) is 30.3 Å². The van der Waals surface area contributed by atoms with Gasteiger partial charge in [-0.2, -0.15) is 0 Å². The summed E-state index contributed by atoms with van der Waals surface area (Å²) in [6.07, 6.45) is 2.53. The number of carboxylic acid groups (broad SMARTS) is 1. The lowest BCUT2D eigenvalue weighted by Crippen LogP contribution is -2.34. The molecule has 204 valence electrons. The van der Waals surface area contributed by atoms with Crippen LogP contribution in [0.1, 0.15) is 52.0 Å². The van der Waals surface area contributed by atoms with Gasteiger partial charge < -0.3 is 25.2 Å². The number of hydrogen-bond donors (Lipinski definition) is 3. The van der Waals surface area contributed by atoms with Crippen molar-refractivity contribution in [3.8, 4) is 11.5 Å². The number of carbonyl (C=O) groups is 3. The number of halogens is 1. The van der Waals surface area contributed by atoms with Crippen LogP contribution in [0.25, 0.3) is 0 Å². The maximum absolute atomic E-state index is 14.4. The summed E-state index contributed by atoms with van der Waals surface area (Å²) in [7, 11) is 0. The van der Waals surface area contributed by atoms with Crippen LogP contribution in [0.3, 0.4) is 0 Å². The van der Waals surface area contributed by atoms with Gasteiger partial charge in [0.2, 0.25) is 0 Å². The van der Waals surface area contributed by atoms with Crippen LogP contribution in [0.5, 0.6) is 11.5 Å². The highest BCUT2D eigenvalue weighted by Gasteiger charge is 2.26. The molecule has 1 saturated carbocycles. The molecule has 0 aliphatic heterocycles. The molecule has 39 heavy (non-hydrogen) atoms. The highest BCUT2D eigenvalue weighted by Crippen LogP contribution is 2.28. The molecule has 0 aromatic heterocycles. The van der Waals surface area contributed by atoms with Crippen LogP contribution in [-0.2, 0) is 11.4 Å². The Balaban J connectivity index is 1.16. The van der Waals surface area contributed by atoms with Crippen LogP contribution < -0.4 is 20.1 Å². The fourth-order valence-corrected chi connectivity index (χ4v) is 4.36. The van der Waals surface area contributed by atoms with Gasteiger partial charge in [0, 0.05) is 24.2 Å². The van der Waals surface area contributed by atoms with Crippen LogP contribution in [0.4, 0.5) is 4.39 Å². The minimum atomic E-state index is -0.754. The summed E-state index contributed by atoms with van der Waals surface area (Å²) in [6.45, 7) is 0.573. The topological polar surface area (TPSA) is 114 Å². The fraction of sp³-hybridized carbons (Fsp3) is 0.300. The van der Waals surface area contributed by atoms with Crippen LogP contribution in [0.2, 0.25) is 0 Å². The van der Waals surface area contributed by atoms with Crippen molar-refractivity contribution in [2.24, 2.45) is 5.92 Å². The summed E-state index contributed by atoms with van der Waals surface area (Å²) < 4.78 is 25.8. The number of benzene rings is 3. The lowest BCUT2D eigenvalue weighted by molar-refractivity contribution is -0.143. The van der Waals surface area contributed by atoms with Crippen LogP contribution >= 0.6 is 0 Å². The SMILES string of the molecule is O=C(NCCNC(=O)c1ccc(OCc2ccccc2)c(F)c1)c1ccc(OC2CCC(C(=O)O)CC2)cc1. The molecule has 3 aromatic carbocycles. The second-order valence-corrected chi connectivity index (χ2v) is 9.39. The van der Waals surface area contributed by atoms with Crippen molar-refractivity contribution in [3.05, 3.63) is 95.3 Å². The lowest BCUT2D eigenvalue weighted by atomic mass is 9.87. The number of hydrogen-bond acceptors (Lipinski definition) is 5. The van der Waals surface area contributed by atoms with Gasteiger partial charge in [0.25, 0.3) is 11.8 Å². The van der Waals surface area contributed by atoms with Crippen molar-refractivity contribution in [1.29, 1.82) is 0 Å². The smallest absolute Gasteiger partial charge is 0.306 e. The van der Waals surface area contributed by atoms with E-state index >= 15 is 0 Å². The Hall–Kier alpha value is -4.40. The predicted molar refractivity (Wildman–Crippen MR) is 142 cm³/mol. The monoisotopic (exact) mass is 534 g/mol. The molecule has 8 nitrogen and oxygen atoms in total. The molecular formula is C30H31FN2O6. The standard InChI is InChI=1S/C30H31FN2O6/c31-26-18-23(10-15-27(26)38-19-20-4-2-1-3-5-20)29(35)33-17-16-32-28(34)21-6-11-24(12-7-21)39-25-13-8-22(9-14-25)30(36)37/h1-7,10-12,15,18,22,25H,8-9,13-14,16-17,19H2,(H,32,34)(H,33,35)(H,36,37). The van der Waals surface area contributed by atoms with Gasteiger partial charge in [-0.05, 0) is 73.7 Å². The molecule has 1 fully saturated rings. The van der Waals surface area contributed by atoms with Gasteiger partial charge in [-0.15, -0.1) is 0 Å². The molecule has 0 radical (unpaired) electrons. The Labute approximate surface area is 226 Å². The van der Waals surface area contributed by atoms with Gasteiger partial charge in [-0.3, -0.25) is 14.4 Å². The molecule has 0 spiro atoms. The fourth-order valence-electron chi connectivity index (χ4n) is 4.36. The Morgan fingerprint density at radius 3 is 2.05 bits per heavy atom. The van der Waals surface area contributed by atoms with Crippen LogP contribution in [0.15, 0.2) is 72.8 Å². The zero-order chi connectivity index (χ0) is 27.6. The molecule has 3 aromatic rings. The lowest BCUT2D eigenvalue weighted by Gasteiger charge is -2.26. The summed E-state index contributed by atoms with van der Waals surface area (Å²) in [5, 5.41) is 14.5. The van der Waals surface area contributed by atoms with E-state index in [-0.39, 0.29) is 48.9 Å². The third kappa shape index (κ3) is 8.04. The highest BCUT2D eigenvalue weighted by atomic mass is 19.1. The third-order valence-electron chi connectivity index (χ3n) is 6.57. The van der Waals surface area contributed by atoms with Crippen molar-refractivity contribution >= 4 is 17.8 Å². The average Bonchev–Trinajstić information content (AvgIpc) is 2.95. The first-order valence-corrected chi connectivity index (χ1v) is 12.9. The van der Waals surface area contributed by atoms with E-state index in [1.165, 1.54) is 12.1 Å². The molecule has 0 unspecified atom stereocenters. The Bertz CT molecular complexity index is 1270. The molecule has 4 rings (SSSR count). The molecule has 3 N–H and O–H groups in total. The minimum absolute atomic E-state index is 0.0321. The molecule has 0 bridgehead atoms. The van der Waals surface area contributed by atoms with Crippen molar-refractivity contribution in [2.75, 3.05) is 13.1 Å². The van der Waals surface area contributed by atoms with Gasteiger partial charge in [0.05, 0.1) is 12.0 Å². The zero-order valence-corrected chi connectivity index (χ0v) is 21.4. The number of carboxylic acids is 1. The third-order valence-corrected chi connectivity index (χ3v) is 6.57. The summed E-state index contributed by atoms with van der Waals surface area (Å²) >= 11 is 0. The first kappa shape index (κ1) is 27.6. The van der Waals surface area contributed by atoms with Gasteiger partial charge in [0.15, 0.2) is 11.6 Å². The number of carbonyl (C=O) groups excluding carboxylic acids is 2. The zero-order valence-electron chi connectivity index (χ0n) is 21.4. The van der Waals surface area contributed by atoms with E-state index < -0.39 is 17.7 Å². The van der Waals surface area contributed by atoms with Gasteiger partial charge >= 0.3 is 5.97 Å². The normalized spacial score (nSPS) is 16.6. The van der Waals surface area contributed by atoms with Crippen LogP contribution in [0, 0.1) is 11.7 Å². The number of aliphatic carboxylic acids is 1. The van der Waals surface area contributed by atoms with E-state index in [1.54, 1.807) is 24.3 Å². The molecule has 9 heteroatoms. The molecule has 1 aliphatic rings. The molecule has 1 aliphatic carbocycles. The van der Waals surface area contributed by atoms with E-state index in [1.807, 2.05) is 30.3 Å². The van der Waals surface area contributed by atoms with Crippen molar-refractivity contribution < 1.29 is 33.4 Å². The number of amides is 2. The highest BCUT2D eigenvalue weighted by molar-refractivity contribution is 5.95. The molecule has 0 atom stereocenters. The largest absolute Gasteiger partial charge is 0.490 e. The second kappa shape index (κ2) is 13.4. The quantitative estimate of drug-likeness (QED) is 0.310. The van der Waals surface area contributed by atoms with E-state index in [9.17, 15) is 18.8 Å². The molecular weight excluding hydrogens is 503 g/mol. The van der Waals surface area contributed by atoms with Crippen molar-refractivity contribution in [3.63, 3.8) is 0 Å².